The lowest BCUT2D eigenvalue weighted by molar-refractivity contribution is 0.296. The van der Waals surface area contributed by atoms with Crippen LogP contribution in [0.2, 0.25) is 0 Å². The maximum atomic E-state index is 12.3. The lowest BCUT2D eigenvalue weighted by Gasteiger charge is -2.37. The van der Waals surface area contributed by atoms with E-state index in [9.17, 15) is 13.7 Å². The summed E-state index contributed by atoms with van der Waals surface area (Å²) in [5.74, 6) is 0. The molecule has 0 atom stereocenters. The van der Waals surface area contributed by atoms with Gasteiger partial charge in [-0.2, -0.15) is 22.3 Å². The average molecular weight is 291 g/mol. The molecule has 1 saturated heterocycles. The minimum absolute atomic E-state index is 0.407. The van der Waals surface area contributed by atoms with Crippen molar-refractivity contribution in [2.24, 2.45) is 0 Å². The summed E-state index contributed by atoms with van der Waals surface area (Å²) in [4.78, 5) is 0. The molecule has 0 amide bonds. The molecule has 1 aliphatic rings. The van der Waals surface area contributed by atoms with Crippen LogP contribution in [-0.4, -0.2) is 54.2 Å². The maximum Gasteiger partial charge on any atom is 0.281 e. The molecular formula is C11H21N3O2S2. The van der Waals surface area contributed by atoms with Gasteiger partial charge in [-0.1, -0.05) is 13.8 Å². The highest BCUT2D eigenvalue weighted by atomic mass is 32.2. The second-order valence-corrected chi connectivity index (χ2v) is 7.42. The number of hydrogen-bond acceptors (Lipinski definition) is 4. The van der Waals surface area contributed by atoms with Gasteiger partial charge in [-0.3, -0.25) is 0 Å². The van der Waals surface area contributed by atoms with Crippen molar-refractivity contribution in [3.8, 4) is 6.07 Å². The van der Waals surface area contributed by atoms with E-state index >= 15 is 0 Å². The van der Waals surface area contributed by atoms with Crippen molar-refractivity contribution in [1.82, 2.24) is 8.61 Å². The Kier molecular flexibility index (Phi) is 5.46. The van der Waals surface area contributed by atoms with Crippen molar-refractivity contribution in [3.63, 3.8) is 0 Å². The fourth-order valence-corrected chi connectivity index (χ4v) is 4.46. The van der Waals surface area contributed by atoms with Gasteiger partial charge in [0.25, 0.3) is 10.2 Å². The highest BCUT2D eigenvalue weighted by Gasteiger charge is 2.39. The highest BCUT2D eigenvalue weighted by molar-refractivity contribution is 8.00. The Morgan fingerprint density at radius 2 is 1.83 bits per heavy atom. The first-order valence-electron chi connectivity index (χ1n) is 6.17. The molecule has 0 bridgehead atoms. The van der Waals surface area contributed by atoms with E-state index in [-0.39, 0.29) is 0 Å². The van der Waals surface area contributed by atoms with Crippen LogP contribution < -0.4 is 0 Å². The molecule has 0 aromatic heterocycles. The highest BCUT2D eigenvalue weighted by Crippen LogP contribution is 2.34. The van der Waals surface area contributed by atoms with Crippen molar-refractivity contribution in [1.29, 1.82) is 5.26 Å². The molecule has 0 N–H and O–H groups in total. The Bertz CT molecular complexity index is 404. The van der Waals surface area contributed by atoms with E-state index in [1.807, 2.05) is 20.1 Å². The number of thioether (sulfide) groups is 1. The molecule has 0 saturated carbocycles. The third-order valence-electron chi connectivity index (χ3n) is 3.48. The molecule has 0 aliphatic carbocycles. The van der Waals surface area contributed by atoms with E-state index in [4.69, 9.17) is 0 Å². The molecule has 1 fully saturated rings. The minimum atomic E-state index is -3.34. The van der Waals surface area contributed by atoms with E-state index in [2.05, 4.69) is 6.07 Å². The first-order valence-corrected chi connectivity index (χ1v) is 8.79. The van der Waals surface area contributed by atoms with Crippen LogP contribution in [0.25, 0.3) is 0 Å². The fraction of sp³-hybridized carbons (Fsp3) is 0.909. The van der Waals surface area contributed by atoms with Crippen LogP contribution in [0.1, 0.15) is 26.7 Å². The topological polar surface area (TPSA) is 64.4 Å². The van der Waals surface area contributed by atoms with E-state index in [0.717, 1.165) is 0 Å². The molecule has 0 spiro atoms. The van der Waals surface area contributed by atoms with Crippen LogP contribution in [0, 0.1) is 11.3 Å². The summed E-state index contributed by atoms with van der Waals surface area (Å²) in [7, 11) is -3.34. The summed E-state index contributed by atoms with van der Waals surface area (Å²) in [5.41, 5.74) is 0. The quantitative estimate of drug-likeness (QED) is 0.766. The number of hydrogen-bond donors (Lipinski definition) is 0. The van der Waals surface area contributed by atoms with Crippen molar-refractivity contribution in [2.45, 2.75) is 31.4 Å². The molecule has 1 heterocycles. The van der Waals surface area contributed by atoms with Gasteiger partial charge in [-0.25, -0.2) is 0 Å². The lowest BCUT2D eigenvalue weighted by Crippen LogP contribution is -2.50. The lowest BCUT2D eigenvalue weighted by atomic mass is 9.99. The van der Waals surface area contributed by atoms with Crippen molar-refractivity contribution < 1.29 is 8.42 Å². The Labute approximate surface area is 114 Å². The third kappa shape index (κ3) is 2.99. The molecule has 104 valence electrons. The van der Waals surface area contributed by atoms with Gasteiger partial charge in [0.15, 0.2) is 0 Å². The Morgan fingerprint density at radius 1 is 1.33 bits per heavy atom. The van der Waals surface area contributed by atoms with Gasteiger partial charge in [0.05, 0.1) is 6.07 Å². The Morgan fingerprint density at radius 3 is 2.17 bits per heavy atom. The van der Waals surface area contributed by atoms with Crippen LogP contribution >= 0.6 is 11.8 Å². The molecule has 0 radical (unpaired) electrons. The summed E-state index contributed by atoms with van der Waals surface area (Å²) in [6.07, 6.45) is 3.12. The van der Waals surface area contributed by atoms with Crippen molar-refractivity contribution in [3.05, 3.63) is 0 Å². The van der Waals surface area contributed by atoms with Crippen LogP contribution in [0.15, 0.2) is 0 Å². The number of nitriles is 1. The van der Waals surface area contributed by atoms with Crippen LogP contribution in [0.3, 0.4) is 0 Å². The van der Waals surface area contributed by atoms with Gasteiger partial charge in [0.2, 0.25) is 0 Å². The normalized spacial score (nSPS) is 20.8. The van der Waals surface area contributed by atoms with Gasteiger partial charge in [-0.05, 0) is 19.1 Å². The molecular weight excluding hydrogens is 270 g/mol. The zero-order valence-electron chi connectivity index (χ0n) is 11.2. The smallest absolute Gasteiger partial charge is 0.197 e. The molecule has 1 rings (SSSR count). The van der Waals surface area contributed by atoms with Crippen LogP contribution in [0.5, 0.6) is 0 Å². The molecule has 7 heteroatoms. The average Bonchev–Trinajstić information content (AvgIpc) is 2.40. The Hall–Kier alpha value is -0.290. The SMILES string of the molecule is CCN(CC)S(=O)(=O)N1CCC(C#N)(SC)CC1. The molecule has 1 aliphatic heterocycles. The zero-order chi connectivity index (χ0) is 13.8. The third-order valence-corrected chi connectivity index (χ3v) is 6.95. The fourth-order valence-electron chi connectivity index (χ4n) is 2.15. The summed E-state index contributed by atoms with van der Waals surface area (Å²) in [5, 5.41) is 9.18. The molecule has 18 heavy (non-hydrogen) atoms. The second-order valence-electron chi connectivity index (χ2n) is 4.30. The molecule has 5 nitrogen and oxygen atoms in total. The summed E-state index contributed by atoms with van der Waals surface area (Å²) in [6, 6.07) is 2.32. The Balaban J connectivity index is 2.77. The van der Waals surface area contributed by atoms with E-state index in [1.54, 1.807) is 0 Å². The number of rotatable bonds is 5. The zero-order valence-corrected chi connectivity index (χ0v) is 12.9. The first-order chi connectivity index (χ1) is 8.45. The first kappa shape index (κ1) is 15.8. The van der Waals surface area contributed by atoms with Gasteiger partial charge >= 0.3 is 0 Å². The monoisotopic (exact) mass is 291 g/mol. The molecule has 0 aromatic carbocycles. The minimum Gasteiger partial charge on any atom is -0.197 e. The molecule has 0 aromatic rings. The summed E-state index contributed by atoms with van der Waals surface area (Å²) in [6.45, 7) is 5.53. The van der Waals surface area contributed by atoms with Gasteiger partial charge in [0, 0.05) is 26.2 Å². The summed E-state index contributed by atoms with van der Waals surface area (Å²) >= 11 is 1.53. The standard InChI is InChI=1S/C11H21N3O2S2/c1-4-13(5-2)18(15,16)14-8-6-11(10-12,17-3)7-9-14/h4-9H2,1-3H3. The van der Waals surface area contributed by atoms with E-state index in [0.29, 0.717) is 39.0 Å². The maximum absolute atomic E-state index is 12.3. The van der Waals surface area contributed by atoms with Crippen molar-refractivity contribution >= 4 is 22.0 Å². The van der Waals surface area contributed by atoms with Gasteiger partial charge in [-0.15, -0.1) is 11.8 Å². The predicted molar refractivity (Wildman–Crippen MR) is 74.5 cm³/mol. The van der Waals surface area contributed by atoms with Crippen molar-refractivity contribution in [2.75, 3.05) is 32.4 Å². The van der Waals surface area contributed by atoms with Crippen LogP contribution in [0.4, 0.5) is 0 Å². The van der Waals surface area contributed by atoms with Crippen LogP contribution in [-0.2, 0) is 10.2 Å². The van der Waals surface area contributed by atoms with E-state index < -0.39 is 15.0 Å². The number of piperidine rings is 1. The number of nitrogens with zero attached hydrogens (tertiary/aromatic N) is 3. The largest absolute Gasteiger partial charge is 0.281 e. The second kappa shape index (κ2) is 6.24. The summed E-state index contributed by atoms with van der Waals surface area (Å²) < 4.78 is 27.2. The molecule has 0 unspecified atom stereocenters. The van der Waals surface area contributed by atoms with Gasteiger partial charge in [0.1, 0.15) is 4.75 Å². The van der Waals surface area contributed by atoms with E-state index in [1.165, 1.54) is 20.4 Å². The predicted octanol–water partition coefficient (Wildman–Crippen LogP) is 1.29. The van der Waals surface area contributed by atoms with Gasteiger partial charge < -0.3 is 0 Å².